The number of nitrogens with zero attached hydrogens (tertiary/aromatic N) is 4. The van der Waals surface area contributed by atoms with E-state index in [9.17, 15) is 22.4 Å². The molecule has 0 spiro atoms. The number of anilines is 1. The number of carbonyl (C=O) groups is 1. The van der Waals surface area contributed by atoms with Crippen LogP contribution in [0.25, 0.3) is 0 Å². The second-order valence-electron chi connectivity index (χ2n) is 7.45. The molecule has 0 radical (unpaired) electrons. The van der Waals surface area contributed by atoms with E-state index in [-0.39, 0.29) is 11.5 Å². The molecule has 26 heavy (non-hydrogen) atoms. The van der Waals surface area contributed by atoms with Crippen LogP contribution in [0.3, 0.4) is 0 Å². The minimum atomic E-state index is -4.04. The van der Waals surface area contributed by atoms with Gasteiger partial charge in [-0.2, -0.15) is 17.6 Å². The van der Waals surface area contributed by atoms with Crippen LogP contribution in [-0.2, 0) is 4.74 Å². The number of ether oxygens (including phenoxy) is 1. The summed E-state index contributed by atoms with van der Waals surface area (Å²) in [5.74, 6) is -9.99. The molecule has 2 aliphatic rings. The molecule has 3 rings (SSSR count). The molecule has 1 aromatic rings. The molecule has 2 fully saturated rings. The van der Waals surface area contributed by atoms with Gasteiger partial charge in [0, 0.05) is 44.1 Å². The van der Waals surface area contributed by atoms with Gasteiger partial charge in [-0.15, -0.1) is 0 Å². The van der Waals surface area contributed by atoms with Gasteiger partial charge in [0.1, 0.15) is 11.5 Å². The zero-order valence-corrected chi connectivity index (χ0v) is 14.7. The number of hydrogen-bond donors (Lipinski definition) is 0. The van der Waals surface area contributed by atoms with E-state index in [0.29, 0.717) is 26.2 Å². The van der Waals surface area contributed by atoms with Crippen LogP contribution in [0.15, 0.2) is 12.4 Å². The molecule has 0 unspecified atom stereocenters. The highest BCUT2D eigenvalue weighted by Crippen LogP contribution is 2.67. The van der Waals surface area contributed by atoms with E-state index in [2.05, 4.69) is 9.97 Å². The molecule has 1 saturated carbocycles. The van der Waals surface area contributed by atoms with Crippen molar-refractivity contribution in [3.05, 3.63) is 18.0 Å². The predicted molar refractivity (Wildman–Crippen MR) is 84.7 cm³/mol. The van der Waals surface area contributed by atoms with Crippen molar-refractivity contribution >= 4 is 12.0 Å². The van der Waals surface area contributed by atoms with Crippen LogP contribution in [0.4, 0.5) is 28.3 Å². The Morgan fingerprint density at radius 3 is 2.00 bits per heavy atom. The first-order valence-corrected chi connectivity index (χ1v) is 8.24. The molecule has 0 aromatic carbocycles. The molecule has 1 aliphatic carbocycles. The fourth-order valence-corrected chi connectivity index (χ4v) is 2.82. The van der Waals surface area contributed by atoms with Crippen molar-refractivity contribution in [2.45, 2.75) is 44.1 Å². The molecule has 0 bridgehead atoms. The lowest BCUT2D eigenvalue weighted by atomic mass is 10.2. The molecule has 2 heterocycles. The first kappa shape index (κ1) is 18.7. The lowest BCUT2D eigenvalue weighted by Crippen LogP contribution is -2.50. The van der Waals surface area contributed by atoms with E-state index in [0.717, 1.165) is 12.4 Å². The molecule has 1 aromatic heterocycles. The van der Waals surface area contributed by atoms with Crippen LogP contribution < -0.4 is 4.90 Å². The number of rotatable bonds is 2. The Kier molecular flexibility index (Phi) is 4.27. The van der Waals surface area contributed by atoms with E-state index in [1.54, 1.807) is 30.6 Å². The summed E-state index contributed by atoms with van der Waals surface area (Å²) in [7, 11) is 0. The summed E-state index contributed by atoms with van der Waals surface area (Å²) in [6.45, 7) is 6.97. The smallest absolute Gasteiger partial charge is 0.410 e. The van der Waals surface area contributed by atoms with Gasteiger partial charge in [-0.1, -0.05) is 0 Å². The second kappa shape index (κ2) is 5.95. The fraction of sp³-hybridized carbons (Fsp3) is 0.688. The fourth-order valence-electron chi connectivity index (χ4n) is 2.82. The number of alkyl halides is 4. The summed E-state index contributed by atoms with van der Waals surface area (Å²) in [6, 6.07) is 0. The first-order chi connectivity index (χ1) is 11.9. The van der Waals surface area contributed by atoms with Crippen LogP contribution in [0.1, 0.15) is 32.3 Å². The van der Waals surface area contributed by atoms with Crippen LogP contribution in [0.2, 0.25) is 0 Å². The van der Waals surface area contributed by atoms with Crippen molar-refractivity contribution in [2.24, 2.45) is 0 Å². The summed E-state index contributed by atoms with van der Waals surface area (Å²) in [5.41, 5.74) is -0.865. The van der Waals surface area contributed by atoms with Crippen LogP contribution in [0.5, 0.6) is 0 Å². The van der Waals surface area contributed by atoms with Crippen molar-refractivity contribution in [1.82, 2.24) is 14.9 Å². The summed E-state index contributed by atoms with van der Waals surface area (Å²) in [4.78, 5) is 23.2. The number of amides is 1. The predicted octanol–water partition coefficient (Wildman–Crippen LogP) is 2.90. The van der Waals surface area contributed by atoms with E-state index < -0.39 is 29.5 Å². The minimum absolute atomic E-state index is 0.255. The highest BCUT2D eigenvalue weighted by Gasteiger charge is 2.85. The third-order valence-electron chi connectivity index (χ3n) is 4.29. The highest BCUT2D eigenvalue weighted by molar-refractivity contribution is 5.68. The van der Waals surface area contributed by atoms with Gasteiger partial charge in [0.2, 0.25) is 5.95 Å². The second-order valence-corrected chi connectivity index (χ2v) is 7.45. The third kappa shape index (κ3) is 3.28. The molecule has 10 heteroatoms. The largest absolute Gasteiger partial charge is 0.444 e. The Hall–Kier alpha value is -2.13. The van der Waals surface area contributed by atoms with Crippen molar-refractivity contribution < 1.29 is 27.1 Å². The molecule has 6 nitrogen and oxygen atoms in total. The van der Waals surface area contributed by atoms with Gasteiger partial charge in [-0.3, -0.25) is 0 Å². The maximum absolute atomic E-state index is 13.1. The standard InChI is InChI=1S/C16H20F4N4O2/c1-14(2,3)26-13(25)24-6-4-23(5-7-24)12-21-8-10(9-22-12)11-15(17,18)16(11,19)20/h8-9,11H,4-7H2,1-3H3. The molecule has 1 amide bonds. The Morgan fingerprint density at radius 1 is 1.08 bits per heavy atom. The van der Waals surface area contributed by atoms with Gasteiger partial charge in [-0.25, -0.2) is 14.8 Å². The number of piperazine rings is 1. The van der Waals surface area contributed by atoms with E-state index >= 15 is 0 Å². The van der Waals surface area contributed by atoms with E-state index in [4.69, 9.17) is 4.74 Å². The average Bonchev–Trinajstić information content (AvgIpc) is 2.95. The van der Waals surface area contributed by atoms with Crippen molar-refractivity contribution in [1.29, 1.82) is 0 Å². The summed E-state index contributed by atoms with van der Waals surface area (Å²) in [5, 5.41) is 0. The average molecular weight is 376 g/mol. The molecule has 0 N–H and O–H groups in total. The molecule has 0 atom stereocenters. The quantitative estimate of drug-likeness (QED) is 0.743. The lowest BCUT2D eigenvalue weighted by molar-refractivity contribution is -0.0278. The van der Waals surface area contributed by atoms with Gasteiger partial charge in [0.25, 0.3) is 0 Å². The van der Waals surface area contributed by atoms with E-state index in [1.807, 2.05) is 0 Å². The number of carbonyl (C=O) groups excluding carboxylic acids is 1. The normalized spacial score (nSPS) is 22.3. The summed E-state index contributed by atoms with van der Waals surface area (Å²) >= 11 is 0. The van der Waals surface area contributed by atoms with Crippen LogP contribution in [-0.4, -0.2) is 64.6 Å². The number of halogens is 4. The van der Waals surface area contributed by atoms with Crippen molar-refractivity contribution in [2.75, 3.05) is 31.1 Å². The molecule has 1 saturated heterocycles. The Labute approximate surface area is 148 Å². The van der Waals surface area contributed by atoms with Gasteiger partial charge in [-0.05, 0) is 20.8 Å². The first-order valence-electron chi connectivity index (χ1n) is 8.24. The van der Waals surface area contributed by atoms with Crippen molar-refractivity contribution in [3.63, 3.8) is 0 Å². The van der Waals surface area contributed by atoms with Gasteiger partial charge in [0.15, 0.2) is 0 Å². The molecular formula is C16H20F4N4O2. The minimum Gasteiger partial charge on any atom is -0.444 e. The lowest BCUT2D eigenvalue weighted by Gasteiger charge is -2.35. The molecular weight excluding hydrogens is 356 g/mol. The molecule has 1 aliphatic heterocycles. The molecule has 144 valence electrons. The van der Waals surface area contributed by atoms with Gasteiger partial charge in [0.05, 0.1) is 0 Å². The maximum atomic E-state index is 13.1. The Balaban J connectivity index is 1.58. The SMILES string of the molecule is CC(C)(C)OC(=O)N1CCN(c2ncc(C3C(F)(F)C3(F)F)cn2)CC1. The van der Waals surface area contributed by atoms with Gasteiger partial charge < -0.3 is 14.5 Å². The highest BCUT2D eigenvalue weighted by atomic mass is 19.3. The van der Waals surface area contributed by atoms with E-state index in [1.165, 1.54) is 0 Å². The number of hydrogen-bond acceptors (Lipinski definition) is 5. The summed E-state index contributed by atoms with van der Waals surface area (Å²) in [6.07, 6.45) is 1.62. The Morgan fingerprint density at radius 2 is 1.58 bits per heavy atom. The zero-order chi connectivity index (χ0) is 19.3. The summed E-state index contributed by atoms with van der Waals surface area (Å²) < 4.78 is 57.6. The third-order valence-corrected chi connectivity index (χ3v) is 4.29. The monoisotopic (exact) mass is 376 g/mol. The van der Waals surface area contributed by atoms with Gasteiger partial charge >= 0.3 is 17.9 Å². The topological polar surface area (TPSA) is 58.6 Å². The van der Waals surface area contributed by atoms with Crippen LogP contribution >= 0.6 is 0 Å². The van der Waals surface area contributed by atoms with Crippen molar-refractivity contribution in [3.8, 4) is 0 Å². The maximum Gasteiger partial charge on any atom is 0.410 e. The number of aromatic nitrogens is 2. The van der Waals surface area contributed by atoms with Crippen LogP contribution in [0, 0.1) is 0 Å². The zero-order valence-electron chi connectivity index (χ0n) is 14.7. The Bertz CT molecular complexity index is 668.